The third-order valence-corrected chi connectivity index (χ3v) is 8.81. The van der Waals surface area contributed by atoms with Gasteiger partial charge < -0.3 is 5.32 Å². The molecule has 0 unspecified atom stereocenters. The highest BCUT2D eigenvalue weighted by Crippen LogP contribution is 2.29. The third kappa shape index (κ3) is 5.03. The van der Waals surface area contributed by atoms with E-state index in [0.29, 0.717) is 18.0 Å². The molecule has 2 aromatic heterocycles. The number of hydrogen-bond acceptors (Lipinski definition) is 7. The van der Waals surface area contributed by atoms with Gasteiger partial charge in [-0.25, -0.2) is 8.42 Å². The summed E-state index contributed by atoms with van der Waals surface area (Å²) in [4.78, 5) is 1.51. The number of hydrogen-bond donors (Lipinski definition) is 1. The van der Waals surface area contributed by atoms with Gasteiger partial charge in [-0.3, -0.25) is 0 Å². The fourth-order valence-electron chi connectivity index (χ4n) is 3.37. The maximum Gasteiger partial charge on any atom is 0.243 e. The van der Waals surface area contributed by atoms with E-state index in [2.05, 4.69) is 15.5 Å². The van der Waals surface area contributed by atoms with Crippen molar-refractivity contribution in [3.05, 3.63) is 47.3 Å². The molecule has 4 rings (SSSR count). The number of nitrogens with one attached hydrogen (secondary N) is 1. The summed E-state index contributed by atoms with van der Waals surface area (Å²) in [5.41, 5.74) is 1.09. The van der Waals surface area contributed by atoms with E-state index in [1.807, 2.05) is 29.6 Å². The lowest BCUT2D eigenvalue weighted by molar-refractivity contribution is 0.423. The smallest absolute Gasteiger partial charge is 0.243 e. The van der Waals surface area contributed by atoms with Crippen molar-refractivity contribution in [3.8, 4) is 9.88 Å². The Balaban J connectivity index is 1.32. The molecule has 154 valence electrons. The molecule has 1 N–H and O–H groups in total. The molecule has 0 atom stereocenters. The molecular weight excluding hydrogens is 424 g/mol. The zero-order valence-corrected chi connectivity index (χ0v) is 18.5. The summed E-state index contributed by atoms with van der Waals surface area (Å²) in [6.45, 7) is 1.98. The van der Waals surface area contributed by atoms with Gasteiger partial charge in [0, 0.05) is 19.6 Å². The molecule has 1 aliphatic rings. The first-order valence-electron chi connectivity index (χ1n) is 9.83. The van der Waals surface area contributed by atoms with Crippen molar-refractivity contribution >= 4 is 37.8 Å². The van der Waals surface area contributed by atoms with Crippen molar-refractivity contribution in [2.24, 2.45) is 0 Å². The predicted octanol–water partition coefficient (Wildman–Crippen LogP) is 4.49. The minimum absolute atomic E-state index is 0.390. The number of benzene rings is 1. The van der Waals surface area contributed by atoms with E-state index in [1.165, 1.54) is 0 Å². The van der Waals surface area contributed by atoms with Crippen LogP contribution in [0, 0.1) is 0 Å². The van der Waals surface area contributed by atoms with Crippen LogP contribution in [0.4, 0.5) is 5.13 Å². The molecule has 0 radical (unpaired) electrons. The normalized spacial score (nSPS) is 15.9. The first-order chi connectivity index (χ1) is 14.1. The summed E-state index contributed by atoms with van der Waals surface area (Å²) in [6, 6.07) is 11.3. The second-order valence-electron chi connectivity index (χ2n) is 7.03. The lowest BCUT2D eigenvalue weighted by atomic mass is 10.1. The Kier molecular flexibility index (Phi) is 6.59. The van der Waals surface area contributed by atoms with Gasteiger partial charge in [0.1, 0.15) is 0 Å². The van der Waals surface area contributed by atoms with Crippen LogP contribution in [0.15, 0.2) is 46.7 Å². The van der Waals surface area contributed by atoms with Crippen molar-refractivity contribution in [1.82, 2.24) is 14.5 Å². The van der Waals surface area contributed by atoms with Crippen LogP contribution in [0.3, 0.4) is 0 Å². The fraction of sp³-hybridized carbons (Fsp3) is 0.400. The molecular formula is C20H24N4O2S3. The minimum Gasteiger partial charge on any atom is -0.360 e. The fourth-order valence-corrected chi connectivity index (χ4v) is 6.45. The minimum atomic E-state index is -3.38. The maximum absolute atomic E-state index is 12.9. The van der Waals surface area contributed by atoms with E-state index in [0.717, 1.165) is 59.2 Å². The van der Waals surface area contributed by atoms with Gasteiger partial charge in [0.05, 0.1) is 9.77 Å². The number of sulfonamides is 1. The van der Waals surface area contributed by atoms with Crippen LogP contribution in [0.1, 0.15) is 31.2 Å². The summed E-state index contributed by atoms with van der Waals surface area (Å²) >= 11 is 3.19. The Hall–Kier alpha value is -1.81. The summed E-state index contributed by atoms with van der Waals surface area (Å²) < 4.78 is 27.3. The predicted molar refractivity (Wildman–Crippen MR) is 119 cm³/mol. The van der Waals surface area contributed by atoms with Crippen molar-refractivity contribution in [2.45, 2.75) is 37.0 Å². The lowest BCUT2D eigenvalue weighted by Gasteiger charge is -2.20. The Morgan fingerprint density at radius 1 is 1.00 bits per heavy atom. The number of thiophene rings is 1. The van der Waals surface area contributed by atoms with Gasteiger partial charge >= 0.3 is 0 Å². The van der Waals surface area contributed by atoms with Crippen LogP contribution >= 0.6 is 22.7 Å². The van der Waals surface area contributed by atoms with Gasteiger partial charge in [0.25, 0.3) is 0 Å². The highest BCUT2D eigenvalue weighted by molar-refractivity contribution is 7.89. The summed E-state index contributed by atoms with van der Waals surface area (Å²) in [6.07, 6.45) is 4.91. The average molecular weight is 449 g/mol. The molecule has 29 heavy (non-hydrogen) atoms. The Bertz CT molecular complexity index is 1010. The highest BCUT2D eigenvalue weighted by atomic mass is 32.2. The SMILES string of the molecule is O=S(=O)(c1ccc(CCNc2nnc(-c3cccs3)s2)cc1)N1CCCCCC1. The van der Waals surface area contributed by atoms with Gasteiger partial charge in [-0.15, -0.1) is 21.5 Å². The van der Waals surface area contributed by atoms with E-state index >= 15 is 0 Å². The molecule has 6 nitrogen and oxygen atoms in total. The van der Waals surface area contributed by atoms with Crippen LogP contribution in [0.2, 0.25) is 0 Å². The van der Waals surface area contributed by atoms with Crippen LogP contribution in [-0.2, 0) is 16.4 Å². The molecule has 1 aromatic carbocycles. The summed E-state index contributed by atoms with van der Waals surface area (Å²) in [7, 11) is -3.38. The monoisotopic (exact) mass is 448 g/mol. The van der Waals surface area contributed by atoms with E-state index < -0.39 is 10.0 Å². The first-order valence-corrected chi connectivity index (χ1v) is 13.0. The molecule has 0 spiro atoms. The van der Waals surface area contributed by atoms with Crippen LogP contribution in [0.25, 0.3) is 9.88 Å². The molecule has 0 saturated carbocycles. The molecule has 0 amide bonds. The van der Waals surface area contributed by atoms with E-state index in [4.69, 9.17) is 0 Å². The van der Waals surface area contributed by atoms with Crippen LogP contribution in [0.5, 0.6) is 0 Å². The van der Waals surface area contributed by atoms with E-state index in [-0.39, 0.29) is 0 Å². The molecule has 0 aliphatic carbocycles. The Morgan fingerprint density at radius 2 is 1.76 bits per heavy atom. The zero-order valence-electron chi connectivity index (χ0n) is 16.1. The van der Waals surface area contributed by atoms with Gasteiger partial charge in [-0.05, 0) is 48.4 Å². The van der Waals surface area contributed by atoms with Crippen molar-refractivity contribution in [2.75, 3.05) is 25.0 Å². The molecule has 1 aliphatic heterocycles. The third-order valence-electron chi connectivity index (χ3n) is 4.97. The largest absolute Gasteiger partial charge is 0.360 e. The number of rotatable bonds is 7. The number of nitrogens with zero attached hydrogens (tertiary/aromatic N) is 3. The van der Waals surface area contributed by atoms with Crippen molar-refractivity contribution in [3.63, 3.8) is 0 Å². The van der Waals surface area contributed by atoms with Crippen LogP contribution < -0.4 is 5.32 Å². The summed E-state index contributed by atoms with van der Waals surface area (Å²) in [5, 5.41) is 15.5. The van der Waals surface area contributed by atoms with Gasteiger partial charge in [0.2, 0.25) is 15.2 Å². The molecule has 9 heteroatoms. The van der Waals surface area contributed by atoms with Crippen molar-refractivity contribution < 1.29 is 8.42 Å². The van der Waals surface area contributed by atoms with E-state index in [9.17, 15) is 8.42 Å². The van der Waals surface area contributed by atoms with Crippen LogP contribution in [-0.4, -0.2) is 42.6 Å². The summed E-state index contributed by atoms with van der Waals surface area (Å²) in [5.74, 6) is 0. The second kappa shape index (κ2) is 9.34. The topological polar surface area (TPSA) is 75.2 Å². The number of aromatic nitrogens is 2. The Morgan fingerprint density at radius 3 is 2.45 bits per heavy atom. The van der Waals surface area contributed by atoms with Gasteiger partial charge in [0.15, 0.2) is 5.01 Å². The average Bonchev–Trinajstić information content (AvgIpc) is 3.34. The molecule has 0 bridgehead atoms. The Labute approximate surface area is 179 Å². The molecule has 1 fully saturated rings. The maximum atomic E-state index is 12.9. The molecule has 3 aromatic rings. The molecule has 1 saturated heterocycles. The molecule has 3 heterocycles. The van der Waals surface area contributed by atoms with Gasteiger partial charge in [-0.2, -0.15) is 4.31 Å². The lowest BCUT2D eigenvalue weighted by Crippen LogP contribution is -2.31. The van der Waals surface area contributed by atoms with Crippen molar-refractivity contribution in [1.29, 1.82) is 0 Å². The standard InChI is InChI=1S/C20H24N4O2S3/c25-29(26,24-13-3-1-2-4-14-24)17-9-7-16(8-10-17)11-12-21-20-23-22-19(28-20)18-6-5-15-27-18/h5-10,15H,1-4,11-14H2,(H,21,23). The quantitative estimate of drug-likeness (QED) is 0.576. The van der Waals surface area contributed by atoms with E-state index in [1.54, 1.807) is 39.1 Å². The second-order valence-corrected chi connectivity index (χ2v) is 10.9. The zero-order chi connectivity index (χ0) is 20.1. The first kappa shape index (κ1) is 20.5. The number of anilines is 1. The van der Waals surface area contributed by atoms with Gasteiger partial charge in [-0.1, -0.05) is 42.4 Å². The highest BCUT2D eigenvalue weighted by Gasteiger charge is 2.24.